The number of H-pyrrole nitrogens is 1. The lowest BCUT2D eigenvalue weighted by Gasteiger charge is -2.37. The number of unbranched alkanes of at least 4 members (excludes halogenated alkanes) is 1. The average Bonchev–Trinajstić information content (AvgIpc) is 3.23. The maximum Gasteiger partial charge on any atom is 0.270 e. The number of aromatic nitrogens is 1. The van der Waals surface area contributed by atoms with Gasteiger partial charge in [0, 0.05) is 30.6 Å². The summed E-state index contributed by atoms with van der Waals surface area (Å²) in [5.41, 5.74) is 1.07. The Morgan fingerprint density at radius 3 is 2.52 bits per heavy atom. The van der Waals surface area contributed by atoms with Crippen molar-refractivity contribution in [3.8, 4) is 17.2 Å². The van der Waals surface area contributed by atoms with Crippen LogP contribution in [-0.2, 0) is 4.79 Å². The average molecular weight is 432 g/mol. The molecule has 8 heteroatoms. The maximum atomic E-state index is 13.4. The summed E-state index contributed by atoms with van der Waals surface area (Å²) in [6.45, 7) is 5.20. The Bertz CT molecular complexity index is 939. The van der Waals surface area contributed by atoms with Crippen LogP contribution < -0.4 is 19.5 Å². The van der Waals surface area contributed by atoms with Gasteiger partial charge in [-0.05, 0) is 32.3 Å². The predicted octanol–water partition coefficient (Wildman–Crippen LogP) is 3.35. The lowest BCUT2D eigenvalue weighted by atomic mass is 9.92. The number of piperidine rings is 1. The van der Waals surface area contributed by atoms with Gasteiger partial charge in [0.15, 0.2) is 11.5 Å². The number of carbonyl (C=O) groups excluding carboxylic acids is 2. The van der Waals surface area contributed by atoms with Crippen molar-refractivity contribution in [3.63, 3.8) is 0 Å². The molecule has 1 aliphatic rings. The summed E-state index contributed by atoms with van der Waals surface area (Å²) < 4.78 is 16.4. The molecule has 0 aliphatic carbocycles. The molecule has 170 valence electrons. The number of hydrogen-bond donors (Lipinski definition) is 2. The highest BCUT2D eigenvalue weighted by Gasteiger charge is 2.34. The zero-order chi connectivity index (χ0) is 22.5. The zero-order valence-electron chi connectivity index (χ0n) is 19.0. The lowest BCUT2D eigenvalue weighted by molar-refractivity contribution is -0.126. The van der Waals surface area contributed by atoms with Crippen LogP contribution in [0.5, 0.6) is 17.2 Å². The Hall–Kier alpha value is -2.90. The summed E-state index contributed by atoms with van der Waals surface area (Å²) in [6, 6.07) is 3.57. The molecule has 0 bridgehead atoms. The van der Waals surface area contributed by atoms with Gasteiger partial charge in [-0.3, -0.25) is 9.59 Å². The van der Waals surface area contributed by atoms with E-state index in [2.05, 4.69) is 17.2 Å². The topological polar surface area (TPSA) is 92.9 Å². The Morgan fingerprint density at radius 2 is 1.87 bits per heavy atom. The maximum absolute atomic E-state index is 13.4. The van der Waals surface area contributed by atoms with Gasteiger partial charge in [-0.15, -0.1) is 0 Å². The first-order valence-corrected chi connectivity index (χ1v) is 10.8. The summed E-state index contributed by atoms with van der Waals surface area (Å²) >= 11 is 0. The van der Waals surface area contributed by atoms with Gasteiger partial charge in [0.2, 0.25) is 5.91 Å². The SMILES string of the molecule is CCCCNC(=O)C1CCC(C)N(C(=O)c2cc3c(OC)cc(OC)c(OC)c3[nH]2)C1. The van der Waals surface area contributed by atoms with E-state index in [9.17, 15) is 9.59 Å². The highest BCUT2D eigenvalue weighted by Crippen LogP contribution is 2.41. The molecule has 1 aromatic heterocycles. The smallest absolute Gasteiger partial charge is 0.270 e. The number of nitrogens with one attached hydrogen (secondary N) is 2. The molecule has 2 unspecified atom stereocenters. The van der Waals surface area contributed by atoms with E-state index < -0.39 is 0 Å². The molecule has 1 aliphatic heterocycles. The van der Waals surface area contributed by atoms with Crippen molar-refractivity contribution in [1.29, 1.82) is 0 Å². The van der Waals surface area contributed by atoms with Crippen LogP contribution in [0.2, 0.25) is 0 Å². The highest BCUT2D eigenvalue weighted by atomic mass is 16.5. The Kier molecular flexibility index (Phi) is 7.30. The monoisotopic (exact) mass is 431 g/mol. The number of nitrogens with zero attached hydrogens (tertiary/aromatic N) is 1. The van der Waals surface area contributed by atoms with Crippen molar-refractivity contribution in [1.82, 2.24) is 15.2 Å². The normalized spacial score (nSPS) is 18.7. The molecule has 0 saturated carbocycles. The molecule has 0 spiro atoms. The molecule has 1 aromatic carbocycles. The number of likely N-dealkylation sites (tertiary alicyclic amines) is 1. The molecule has 2 amide bonds. The summed E-state index contributed by atoms with van der Waals surface area (Å²) in [5.74, 6) is 1.31. The number of benzene rings is 1. The summed E-state index contributed by atoms with van der Waals surface area (Å²) in [4.78, 5) is 30.9. The van der Waals surface area contributed by atoms with Crippen molar-refractivity contribution in [3.05, 3.63) is 17.8 Å². The minimum atomic E-state index is -0.189. The third kappa shape index (κ3) is 4.57. The van der Waals surface area contributed by atoms with Crippen molar-refractivity contribution >= 4 is 22.7 Å². The number of aromatic amines is 1. The molecule has 2 atom stereocenters. The molecule has 2 N–H and O–H groups in total. The Balaban J connectivity index is 1.88. The number of hydrogen-bond acceptors (Lipinski definition) is 5. The molecular weight excluding hydrogens is 398 g/mol. The molecule has 0 radical (unpaired) electrons. The van der Waals surface area contributed by atoms with E-state index in [1.165, 1.54) is 0 Å². The summed E-state index contributed by atoms with van der Waals surface area (Å²) in [5, 5.41) is 3.74. The number of carbonyl (C=O) groups is 2. The van der Waals surface area contributed by atoms with Crippen LogP contribution in [0.3, 0.4) is 0 Å². The van der Waals surface area contributed by atoms with E-state index in [1.54, 1.807) is 38.4 Å². The second kappa shape index (κ2) is 9.94. The van der Waals surface area contributed by atoms with Crippen LogP contribution in [0, 0.1) is 5.92 Å². The van der Waals surface area contributed by atoms with E-state index in [0.29, 0.717) is 41.5 Å². The van der Waals surface area contributed by atoms with Crippen LogP contribution in [0.15, 0.2) is 12.1 Å². The summed E-state index contributed by atoms with van der Waals surface area (Å²) in [7, 11) is 4.68. The van der Waals surface area contributed by atoms with Gasteiger partial charge in [0.25, 0.3) is 5.91 Å². The van der Waals surface area contributed by atoms with E-state index >= 15 is 0 Å². The zero-order valence-corrected chi connectivity index (χ0v) is 19.0. The minimum Gasteiger partial charge on any atom is -0.496 e. The molecule has 8 nitrogen and oxygen atoms in total. The third-order valence-corrected chi connectivity index (χ3v) is 6.01. The molecule has 1 saturated heterocycles. The first-order valence-electron chi connectivity index (χ1n) is 10.8. The number of fused-ring (bicyclic) bond motifs is 1. The first kappa shape index (κ1) is 22.8. The van der Waals surface area contributed by atoms with Gasteiger partial charge in [0.1, 0.15) is 11.4 Å². The lowest BCUT2D eigenvalue weighted by Crippen LogP contribution is -2.49. The first-order chi connectivity index (χ1) is 14.9. The highest BCUT2D eigenvalue weighted by molar-refractivity contribution is 6.02. The van der Waals surface area contributed by atoms with Gasteiger partial charge < -0.3 is 29.4 Å². The van der Waals surface area contributed by atoms with Crippen molar-refractivity contribution in [2.75, 3.05) is 34.4 Å². The van der Waals surface area contributed by atoms with Gasteiger partial charge in [-0.25, -0.2) is 0 Å². The van der Waals surface area contributed by atoms with Crippen LogP contribution in [0.4, 0.5) is 0 Å². The quantitative estimate of drug-likeness (QED) is 0.626. The molecule has 31 heavy (non-hydrogen) atoms. The van der Waals surface area contributed by atoms with Crippen LogP contribution in [0.1, 0.15) is 50.0 Å². The fourth-order valence-electron chi connectivity index (χ4n) is 4.14. The third-order valence-electron chi connectivity index (χ3n) is 6.01. The van der Waals surface area contributed by atoms with Gasteiger partial charge in [0.05, 0.1) is 32.8 Å². The Morgan fingerprint density at radius 1 is 1.13 bits per heavy atom. The molecule has 2 heterocycles. The number of ether oxygens (including phenoxy) is 3. The van der Waals surface area contributed by atoms with Gasteiger partial charge in [-0.2, -0.15) is 0 Å². The fourth-order valence-corrected chi connectivity index (χ4v) is 4.14. The van der Waals surface area contributed by atoms with Crippen molar-refractivity contribution in [2.24, 2.45) is 5.92 Å². The summed E-state index contributed by atoms with van der Waals surface area (Å²) in [6.07, 6.45) is 3.57. The van der Waals surface area contributed by atoms with Gasteiger partial charge >= 0.3 is 0 Å². The van der Waals surface area contributed by atoms with Crippen LogP contribution in [0.25, 0.3) is 10.9 Å². The van der Waals surface area contributed by atoms with E-state index in [-0.39, 0.29) is 23.8 Å². The van der Waals surface area contributed by atoms with Crippen LogP contribution in [-0.4, -0.2) is 62.2 Å². The number of methoxy groups -OCH3 is 3. The largest absolute Gasteiger partial charge is 0.496 e. The molecule has 3 rings (SSSR count). The molecule has 1 fully saturated rings. The van der Waals surface area contributed by atoms with Crippen molar-refractivity contribution < 1.29 is 23.8 Å². The van der Waals surface area contributed by atoms with Crippen LogP contribution >= 0.6 is 0 Å². The van der Waals surface area contributed by atoms with Gasteiger partial charge in [-0.1, -0.05) is 13.3 Å². The van der Waals surface area contributed by atoms with E-state index in [0.717, 1.165) is 31.1 Å². The number of amides is 2. The van der Waals surface area contributed by atoms with Crippen molar-refractivity contribution in [2.45, 2.75) is 45.6 Å². The van der Waals surface area contributed by atoms with E-state index in [4.69, 9.17) is 14.2 Å². The molecule has 2 aromatic rings. The minimum absolute atomic E-state index is 0.0304. The Labute approximate surface area is 183 Å². The standard InChI is InChI=1S/C23H33N3O5/c1-6-7-10-24-22(27)15-9-8-14(2)26(13-15)23(28)17-11-16-18(29-3)12-19(30-4)21(31-5)20(16)25-17/h11-12,14-15,25H,6-10,13H2,1-5H3,(H,24,27). The second-order valence-electron chi connectivity index (χ2n) is 8.01. The predicted molar refractivity (Wildman–Crippen MR) is 119 cm³/mol. The second-order valence-corrected chi connectivity index (χ2v) is 8.01. The molecular formula is C23H33N3O5. The van der Waals surface area contributed by atoms with E-state index in [1.807, 2.05) is 6.92 Å². The fraction of sp³-hybridized carbons (Fsp3) is 0.565. The number of rotatable bonds is 8.